The second kappa shape index (κ2) is 38.1. The quantitative estimate of drug-likeness (QED) is 0.0315. The molecule has 0 rings (SSSR count). The summed E-state index contributed by atoms with van der Waals surface area (Å²) in [5.74, 6) is 0. The highest BCUT2D eigenvalue weighted by Crippen LogP contribution is 2.19. The lowest BCUT2D eigenvalue weighted by atomic mass is 10.0. The zero-order valence-corrected chi connectivity index (χ0v) is 33.5. The Hall–Kier alpha value is -0.170. The molecule has 0 aromatic carbocycles. The van der Waals surface area contributed by atoms with E-state index in [1.54, 1.807) is 0 Å². The van der Waals surface area contributed by atoms with Crippen molar-refractivity contribution < 1.29 is 48.6 Å². The fraction of sp³-hybridized carbons (Fsp3) is 1.00. The number of hydrogen-bond donors (Lipinski definition) is 6. The first kappa shape index (κ1) is 54.6. The Labute approximate surface area is 297 Å². The van der Waals surface area contributed by atoms with Gasteiger partial charge in [-0.15, -0.1) is 0 Å². The van der Waals surface area contributed by atoms with Crippen LogP contribution in [0.1, 0.15) is 149 Å². The number of likely N-dealkylation sites (N-methyl/N-ethyl adjacent to an activating group) is 2. The third-order valence-electron chi connectivity index (χ3n) is 8.09. The normalized spacial score (nSPS) is 13.0. The molecule has 2 unspecified atom stereocenters. The van der Waals surface area contributed by atoms with E-state index in [1.807, 2.05) is 28.2 Å². The van der Waals surface area contributed by atoms with Crippen molar-refractivity contribution >= 4 is 7.82 Å². The predicted octanol–water partition coefficient (Wildman–Crippen LogP) is 6.17. The molecule has 0 fully saturated rings. The summed E-state index contributed by atoms with van der Waals surface area (Å²) in [6.45, 7) is 10.3. The van der Waals surface area contributed by atoms with E-state index < -0.39 is 7.82 Å². The lowest BCUT2D eigenvalue weighted by Gasteiger charge is -2.31. The van der Waals surface area contributed by atoms with Crippen molar-refractivity contribution in [2.45, 2.75) is 161 Å². The van der Waals surface area contributed by atoms with Crippen molar-refractivity contribution in [1.82, 2.24) is 0 Å². The molecule has 0 aromatic heterocycles. The summed E-state index contributed by atoms with van der Waals surface area (Å²) in [6, 6.07) is 0. The molecule has 296 valence electrons. The molecule has 2 atom stereocenters. The van der Waals surface area contributed by atoms with Gasteiger partial charge in [0.2, 0.25) is 0 Å². The first-order valence-electron chi connectivity index (χ1n) is 19.1. The summed E-state index contributed by atoms with van der Waals surface area (Å²) >= 11 is 0. The minimum Gasteiger partial charge on any atom is -0.756 e. The van der Waals surface area contributed by atoms with Gasteiger partial charge in [0.25, 0.3) is 7.82 Å². The lowest BCUT2D eigenvalue weighted by Crippen LogP contribution is -2.47. The second-order valence-corrected chi connectivity index (χ2v) is 15.5. The predicted molar refractivity (Wildman–Crippen MR) is 200 cm³/mol. The summed E-state index contributed by atoms with van der Waals surface area (Å²) in [6.07, 6.45) is 25.8. The fourth-order valence-corrected chi connectivity index (χ4v) is 5.39. The molecule has 12 heteroatoms. The van der Waals surface area contributed by atoms with E-state index in [0.29, 0.717) is 28.6 Å². The topological polar surface area (TPSA) is 185 Å². The highest BCUT2D eigenvalue weighted by molar-refractivity contribution is 7.43. The van der Waals surface area contributed by atoms with E-state index in [4.69, 9.17) is 35.2 Å². The number of phosphoric acid groups is 1. The number of nitrogens with zero attached hydrogens (tertiary/aromatic N) is 2. The van der Waals surface area contributed by atoms with E-state index in [2.05, 4.69) is 20.8 Å². The van der Waals surface area contributed by atoms with Gasteiger partial charge in [-0.2, -0.15) is 6.54 Å². The van der Waals surface area contributed by atoms with Crippen molar-refractivity contribution in [2.75, 3.05) is 74.1 Å². The van der Waals surface area contributed by atoms with Crippen LogP contribution in [0.2, 0.25) is 0 Å². The summed E-state index contributed by atoms with van der Waals surface area (Å²) in [5, 5.41) is 36.5. The number of quaternary nitrogens is 2. The molecule has 7 N–H and O–H groups in total. The smallest absolute Gasteiger partial charge is 0.262 e. The lowest BCUT2D eigenvalue weighted by molar-refractivity contribution is -0.893. The summed E-state index contributed by atoms with van der Waals surface area (Å²) in [7, 11) is 3.20. The molecule has 0 aromatic rings. The largest absolute Gasteiger partial charge is 0.756 e. The minimum atomic E-state index is -4.89. The van der Waals surface area contributed by atoms with E-state index in [1.165, 1.54) is 96.3 Å². The number of aliphatic hydroxyl groups is 4. The van der Waals surface area contributed by atoms with Gasteiger partial charge in [-0.05, 0) is 12.8 Å². The molecule has 0 saturated heterocycles. The average Bonchev–Trinajstić information content (AvgIpc) is 2.94. The first-order valence-corrected chi connectivity index (χ1v) is 20.6. The number of hydrogen-bond acceptors (Lipinski definition) is 6. The highest BCUT2D eigenvalue weighted by atomic mass is 31.2. The van der Waals surface area contributed by atoms with Crippen LogP contribution in [0.25, 0.3) is 5.73 Å². The molecule has 0 spiro atoms. The highest BCUT2D eigenvalue weighted by Gasteiger charge is 2.19. The third kappa shape index (κ3) is 58.1. The van der Waals surface area contributed by atoms with Crippen molar-refractivity contribution in [1.29, 1.82) is 0 Å². The first-order chi connectivity index (χ1) is 22.4. The minimum absolute atomic E-state index is 0.186. The van der Waals surface area contributed by atoms with Gasteiger partial charge in [0.1, 0.15) is 38.4 Å². The maximum Gasteiger partial charge on any atom is 0.262 e. The summed E-state index contributed by atoms with van der Waals surface area (Å²) < 4.78 is 10.2. The van der Waals surface area contributed by atoms with Gasteiger partial charge >= 0.3 is 0 Å². The maximum atomic E-state index is 9.51. The number of aliphatic hydroxyl groups excluding tert-OH is 4. The average molecular weight is 718 g/mol. The number of unbranched alkanes of at least 4 members (excludes halogenated alkanes) is 15. The van der Waals surface area contributed by atoms with E-state index in [-0.39, 0.29) is 25.4 Å². The maximum absolute atomic E-state index is 9.51. The van der Waals surface area contributed by atoms with Crippen LogP contribution in [0.4, 0.5) is 0 Å². The van der Waals surface area contributed by atoms with Crippen LogP contribution < -0.4 is 4.89 Å². The van der Waals surface area contributed by atoms with Crippen LogP contribution in [0.15, 0.2) is 0 Å². The Bertz CT molecular complexity index is 617. The molecule has 0 saturated carbocycles. The Morgan fingerprint density at radius 2 is 0.812 bits per heavy atom. The Morgan fingerprint density at radius 3 is 1.02 bits per heavy atom. The van der Waals surface area contributed by atoms with Gasteiger partial charge in [0, 0.05) is 0 Å². The SMILES string of the molecule is CCCC(O)C[N+](C)(C)CCO.CCCC(O)C[N+](C)(C)CCO.CCCCCCCCCCCCCCCCCC[NH-].O=P([O-])(O)O. The zero-order valence-electron chi connectivity index (χ0n) is 32.6. The van der Waals surface area contributed by atoms with Crippen molar-refractivity contribution in [3.05, 3.63) is 5.73 Å². The molecule has 0 amide bonds. The van der Waals surface area contributed by atoms with Crippen molar-refractivity contribution in [2.24, 2.45) is 0 Å². The summed E-state index contributed by atoms with van der Waals surface area (Å²) in [5.41, 5.74) is 7.08. The molecule has 11 nitrogen and oxygen atoms in total. The third-order valence-corrected chi connectivity index (χ3v) is 8.09. The second-order valence-electron chi connectivity index (χ2n) is 14.6. The fourth-order valence-electron chi connectivity index (χ4n) is 5.39. The Balaban J connectivity index is -0.000000291. The van der Waals surface area contributed by atoms with Crippen LogP contribution in [-0.2, 0) is 4.57 Å². The molecule has 0 aliphatic rings. The van der Waals surface area contributed by atoms with Gasteiger partial charge in [-0.3, -0.25) is 4.57 Å². The van der Waals surface area contributed by atoms with Gasteiger partial charge in [0.15, 0.2) is 0 Å². The van der Waals surface area contributed by atoms with Gasteiger partial charge in [-0.1, -0.05) is 136 Å². The number of nitrogens with one attached hydrogen (secondary N) is 1. The summed E-state index contributed by atoms with van der Waals surface area (Å²) in [4.78, 5) is 22.9. The van der Waals surface area contributed by atoms with Crippen LogP contribution >= 0.6 is 7.82 Å². The molecular weight excluding hydrogens is 633 g/mol. The standard InChI is InChI=1S/C18H38N.2C9H22NO2.H3O4P/c1-2-3-4-5-6-7-8-9-10-11-12-13-14-15-16-17-18-19;2*1-4-5-9(12)8-10(2,3)6-7-11;1-5(2,3)4/h19H,2-18H2,1H3;2*9,11-12H,4-8H2,1-3H3;(H3,1,2,3,4)/q-1;2*+1;/p-1. The molecular formula is C36H84N3O8P. The van der Waals surface area contributed by atoms with Crippen LogP contribution in [0.5, 0.6) is 0 Å². The number of rotatable bonds is 28. The van der Waals surface area contributed by atoms with Crippen molar-refractivity contribution in [3.63, 3.8) is 0 Å². The van der Waals surface area contributed by atoms with Gasteiger partial charge in [0.05, 0.1) is 41.4 Å². The Morgan fingerprint density at radius 1 is 0.562 bits per heavy atom. The van der Waals surface area contributed by atoms with Crippen LogP contribution in [-0.4, -0.2) is 126 Å². The molecule has 0 aliphatic heterocycles. The molecule has 0 heterocycles. The Kier molecular flexibility index (Phi) is 43.3. The van der Waals surface area contributed by atoms with Crippen LogP contribution in [0, 0.1) is 0 Å². The molecule has 48 heavy (non-hydrogen) atoms. The van der Waals surface area contributed by atoms with Crippen LogP contribution in [0.3, 0.4) is 0 Å². The van der Waals surface area contributed by atoms with Crippen molar-refractivity contribution in [3.8, 4) is 0 Å². The molecule has 0 aliphatic carbocycles. The molecule has 0 bridgehead atoms. The molecule has 0 radical (unpaired) electrons. The van der Waals surface area contributed by atoms with Gasteiger partial charge in [-0.25, -0.2) is 0 Å². The van der Waals surface area contributed by atoms with E-state index in [0.717, 1.165) is 45.2 Å². The van der Waals surface area contributed by atoms with E-state index >= 15 is 0 Å². The zero-order chi connectivity index (χ0) is 37.7. The monoisotopic (exact) mass is 718 g/mol. The van der Waals surface area contributed by atoms with E-state index in [9.17, 15) is 10.2 Å². The van der Waals surface area contributed by atoms with Gasteiger partial charge < -0.3 is 49.8 Å².